The maximum absolute atomic E-state index is 11.9. The van der Waals surface area contributed by atoms with E-state index in [1.54, 1.807) is 18.3 Å². The van der Waals surface area contributed by atoms with Crippen molar-refractivity contribution in [2.75, 3.05) is 19.6 Å². The molecule has 0 spiro atoms. The van der Waals surface area contributed by atoms with E-state index in [1.165, 1.54) is 0 Å². The van der Waals surface area contributed by atoms with Gasteiger partial charge in [0.15, 0.2) is 0 Å². The SMILES string of the molecule is CCCN1C(=O)C(=O)N(CC(=O)NCCc2cccs2)C1=O. The lowest BCUT2D eigenvalue weighted by Crippen LogP contribution is -2.42. The van der Waals surface area contributed by atoms with Crippen molar-refractivity contribution in [3.8, 4) is 0 Å². The van der Waals surface area contributed by atoms with E-state index >= 15 is 0 Å². The van der Waals surface area contributed by atoms with E-state index in [9.17, 15) is 19.2 Å². The molecule has 1 fully saturated rings. The number of thiophene rings is 1. The standard InChI is InChI=1S/C14H17N3O4S/c1-2-7-16-12(19)13(20)17(14(16)21)9-11(18)15-6-5-10-4-3-8-22-10/h3-4,8H,2,5-7,9H2,1H3,(H,15,18). The van der Waals surface area contributed by atoms with E-state index in [4.69, 9.17) is 0 Å². The fourth-order valence-electron chi connectivity index (χ4n) is 2.09. The van der Waals surface area contributed by atoms with Crippen LogP contribution in [0.4, 0.5) is 4.79 Å². The van der Waals surface area contributed by atoms with Crippen LogP contribution >= 0.6 is 11.3 Å². The summed E-state index contributed by atoms with van der Waals surface area (Å²) in [5.74, 6) is -2.26. The average Bonchev–Trinajstić information content (AvgIpc) is 3.07. The number of rotatable bonds is 7. The molecule has 1 N–H and O–H groups in total. The molecule has 0 atom stereocenters. The van der Waals surface area contributed by atoms with Crippen LogP contribution in [0.3, 0.4) is 0 Å². The van der Waals surface area contributed by atoms with Crippen molar-refractivity contribution in [3.05, 3.63) is 22.4 Å². The first kappa shape index (κ1) is 16.2. The zero-order valence-electron chi connectivity index (χ0n) is 12.2. The molecule has 0 saturated carbocycles. The molecule has 1 aromatic heterocycles. The van der Waals surface area contributed by atoms with Crippen LogP contribution in [0.1, 0.15) is 18.2 Å². The van der Waals surface area contributed by atoms with E-state index in [1.807, 2.05) is 17.5 Å². The van der Waals surface area contributed by atoms with Gasteiger partial charge in [-0.1, -0.05) is 13.0 Å². The summed E-state index contributed by atoms with van der Waals surface area (Å²) in [4.78, 5) is 49.8. The largest absolute Gasteiger partial charge is 0.354 e. The Balaban J connectivity index is 1.84. The predicted octanol–water partition coefficient (Wildman–Crippen LogP) is 0.608. The fourth-order valence-corrected chi connectivity index (χ4v) is 2.80. The van der Waals surface area contributed by atoms with Gasteiger partial charge in [0, 0.05) is 18.0 Å². The number of hydrogen-bond donors (Lipinski definition) is 1. The van der Waals surface area contributed by atoms with Gasteiger partial charge in [0.25, 0.3) is 0 Å². The van der Waals surface area contributed by atoms with Gasteiger partial charge in [-0.15, -0.1) is 11.3 Å². The van der Waals surface area contributed by atoms with Crippen LogP contribution in [0.2, 0.25) is 0 Å². The fraction of sp³-hybridized carbons (Fsp3) is 0.429. The molecule has 0 aliphatic carbocycles. The summed E-state index contributed by atoms with van der Waals surface area (Å²) in [5, 5.41) is 4.59. The molecule has 22 heavy (non-hydrogen) atoms. The number of nitrogens with one attached hydrogen (secondary N) is 1. The molecule has 1 aliphatic heterocycles. The molecule has 118 valence electrons. The van der Waals surface area contributed by atoms with Crippen molar-refractivity contribution < 1.29 is 19.2 Å². The second kappa shape index (κ2) is 7.17. The Bertz CT molecular complexity index is 585. The van der Waals surface area contributed by atoms with E-state index in [2.05, 4.69) is 5.32 Å². The minimum atomic E-state index is -0.938. The number of nitrogens with zero attached hydrogens (tertiary/aromatic N) is 2. The number of carbonyl (C=O) groups excluding carboxylic acids is 4. The lowest BCUT2D eigenvalue weighted by molar-refractivity contribution is -0.144. The molecule has 2 heterocycles. The molecule has 1 aliphatic rings. The number of urea groups is 1. The summed E-state index contributed by atoms with van der Waals surface area (Å²) in [7, 11) is 0. The summed E-state index contributed by atoms with van der Waals surface area (Å²) in [6.07, 6.45) is 1.25. The molecule has 7 nitrogen and oxygen atoms in total. The molecule has 8 heteroatoms. The number of amides is 5. The highest BCUT2D eigenvalue weighted by atomic mass is 32.1. The summed E-state index contributed by atoms with van der Waals surface area (Å²) in [5.41, 5.74) is 0. The highest BCUT2D eigenvalue weighted by molar-refractivity contribution is 7.09. The zero-order valence-corrected chi connectivity index (χ0v) is 13.0. The van der Waals surface area contributed by atoms with Gasteiger partial charge in [-0.25, -0.2) is 9.69 Å². The van der Waals surface area contributed by atoms with Crippen molar-refractivity contribution in [2.45, 2.75) is 19.8 Å². The van der Waals surface area contributed by atoms with Crippen molar-refractivity contribution in [1.29, 1.82) is 0 Å². The van der Waals surface area contributed by atoms with Crippen LogP contribution in [0.25, 0.3) is 0 Å². The Morgan fingerprint density at radius 3 is 2.59 bits per heavy atom. The Morgan fingerprint density at radius 1 is 1.23 bits per heavy atom. The molecule has 2 rings (SSSR count). The van der Waals surface area contributed by atoms with E-state index in [0.717, 1.165) is 9.78 Å². The monoisotopic (exact) mass is 323 g/mol. The van der Waals surface area contributed by atoms with Crippen LogP contribution in [-0.4, -0.2) is 53.2 Å². The lowest BCUT2D eigenvalue weighted by Gasteiger charge is -2.14. The first-order chi connectivity index (χ1) is 10.5. The maximum atomic E-state index is 11.9. The smallest absolute Gasteiger partial charge is 0.334 e. The van der Waals surface area contributed by atoms with Gasteiger partial charge in [-0.3, -0.25) is 19.3 Å². The van der Waals surface area contributed by atoms with Crippen molar-refractivity contribution in [3.63, 3.8) is 0 Å². The quantitative estimate of drug-likeness (QED) is 0.588. The number of carbonyl (C=O) groups is 4. The van der Waals surface area contributed by atoms with Crippen LogP contribution in [-0.2, 0) is 20.8 Å². The summed E-state index contributed by atoms with van der Waals surface area (Å²) in [6.45, 7) is 1.97. The molecule has 0 aromatic carbocycles. The normalized spacial score (nSPS) is 14.9. The third-order valence-corrected chi connectivity index (χ3v) is 4.09. The topological polar surface area (TPSA) is 86.8 Å². The van der Waals surface area contributed by atoms with E-state index in [-0.39, 0.29) is 6.54 Å². The van der Waals surface area contributed by atoms with Gasteiger partial charge in [0.05, 0.1) is 0 Å². The Morgan fingerprint density at radius 2 is 1.95 bits per heavy atom. The molecule has 1 aromatic rings. The van der Waals surface area contributed by atoms with Crippen LogP contribution in [0, 0.1) is 0 Å². The molecule has 0 unspecified atom stereocenters. The molecule has 5 amide bonds. The van der Waals surface area contributed by atoms with Gasteiger partial charge >= 0.3 is 17.8 Å². The van der Waals surface area contributed by atoms with Gasteiger partial charge in [0.1, 0.15) is 6.54 Å². The molecular formula is C14H17N3O4S. The Labute approximate surface area is 131 Å². The summed E-state index contributed by atoms with van der Waals surface area (Å²) in [6, 6.07) is 3.17. The number of hydrogen-bond acceptors (Lipinski definition) is 5. The molecular weight excluding hydrogens is 306 g/mol. The van der Waals surface area contributed by atoms with Gasteiger partial charge in [-0.05, 0) is 24.3 Å². The third kappa shape index (κ3) is 3.51. The third-order valence-electron chi connectivity index (χ3n) is 3.16. The van der Waals surface area contributed by atoms with Gasteiger partial charge in [0.2, 0.25) is 5.91 Å². The summed E-state index contributed by atoms with van der Waals surface area (Å²) < 4.78 is 0. The average molecular weight is 323 g/mol. The van der Waals surface area contributed by atoms with E-state index < -0.39 is 30.3 Å². The maximum Gasteiger partial charge on any atom is 0.334 e. The first-order valence-corrected chi connectivity index (χ1v) is 7.89. The Kier molecular flexibility index (Phi) is 5.26. The zero-order chi connectivity index (χ0) is 16.1. The second-order valence-electron chi connectivity index (χ2n) is 4.81. The molecule has 1 saturated heterocycles. The molecule has 0 radical (unpaired) electrons. The van der Waals surface area contributed by atoms with Gasteiger partial charge in [-0.2, -0.15) is 0 Å². The van der Waals surface area contributed by atoms with Crippen LogP contribution < -0.4 is 5.32 Å². The van der Waals surface area contributed by atoms with Crippen molar-refractivity contribution >= 4 is 35.1 Å². The first-order valence-electron chi connectivity index (χ1n) is 7.01. The van der Waals surface area contributed by atoms with Crippen molar-refractivity contribution in [2.24, 2.45) is 0 Å². The summed E-state index contributed by atoms with van der Waals surface area (Å²) >= 11 is 1.59. The minimum Gasteiger partial charge on any atom is -0.354 e. The minimum absolute atomic E-state index is 0.180. The van der Waals surface area contributed by atoms with Gasteiger partial charge < -0.3 is 5.32 Å². The lowest BCUT2D eigenvalue weighted by atomic mass is 10.3. The Hall–Kier alpha value is -2.22. The second-order valence-corrected chi connectivity index (χ2v) is 5.84. The van der Waals surface area contributed by atoms with Crippen molar-refractivity contribution in [1.82, 2.24) is 15.1 Å². The highest BCUT2D eigenvalue weighted by Gasteiger charge is 2.44. The number of imide groups is 2. The predicted molar refractivity (Wildman–Crippen MR) is 80.1 cm³/mol. The van der Waals surface area contributed by atoms with Crippen LogP contribution in [0.15, 0.2) is 17.5 Å². The van der Waals surface area contributed by atoms with Crippen LogP contribution in [0.5, 0.6) is 0 Å². The highest BCUT2D eigenvalue weighted by Crippen LogP contribution is 2.12. The van der Waals surface area contributed by atoms with E-state index in [0.29, 0.717) is 24.3 Å². The molecule has 0 bridgehead atoms.